The van der Waals surface area contributed by atoms with Crippen LogP contribution in [-0.2, 0) is 9.53 Å². The summed E-state index contributed by atoms with van der Waals surface area (Å²) in [5, 5.41) is 2.99. The third kappa shape index (κ3) is 2.02. The Balaban J connectivity index is 2.45. The molecule has 1 saturated heterocycles. The van der Waals surface area contributed by atoms with Crippen molar-refractivity contribution in [3.8, 4) is 0 Å². The first-order valence-electron chi connectivity index (χ1n) is 3.33. The number of Topliss-reactive ketones (excluding diaryl/α,β-unsaturated/α-hetero) is 1. The Morgan fingerprint density at radius 2 is 2.50 bits per heavy atom. The summed E-state index contributed by atoms with van der Waals surface area (Å²) >= 11 is 0.984. The van der Waals surface area contributed by atoms with Gasteiger partial charge in [-0.15, -0.1) is 0 Å². The van der Waals surface area contributed by atoms with Gasteiger partial charge in [-0.1, -0.05) is 9.39 Å². The van der Waals surface area contributed by atoms with Gasteiger partial charge in [0.1, 0.15) is 6.61 Å². The van der Waals surface area contributed by atoms with Gasteiger partial charge < -0.3 is 4.74 Å². The molecule has 0 spiro atoms. The molecule has 0 aromatic heterocycles. The quantitative estimate of drug-likeness (QED) is 0.397. The first kappa shape index (κ1) is 8.65. The summed E-state index contributed by atoms with van der Waals surface area (Å²) in [5.74, 6) is 0.201. The topological polar surface area (TPSA) is 38.3 Å². The summed E-state index contributed by atoms with van der Waals surface area (Å²) in [4.78, 5) is 11.1. The Morgan fingerprint density at radius 1 is 1.80 bits per heavy atom. The maximum atomic E-state index is 10.8. The lowest BCUT2D eigenvalue weighted by atomic mass is 10.1. The molecule has 0 aliphatic carbocycles. The van der Waals surface area contributed by atoms with Crippen LogP contribution in [0.5, 0.6) is 0 Å². The molecule has 56 valence electrons. The van der Waals surface area contributed by atoms with Gasteiger partial charge in [0.15, 0.2) is 5.78 Å². The second kappa shape index (κ2) is 3.80. The molecule has 0 radical (unpaired) electrons. The van der Waals surface area contributed by atoms with Crippen LogP contribution in [0.2, 0.25) is 0 Å². The van der Waals surface area contributed by atoms with Crippen LogP contribution in [0.1, 0.15) is 6.42 Å². The standard InChI is InChI=1S/C5H9NO2P.Al.2H/c7-5-1-4(6-9)2-8-3-5;;;/h2,4,6H,1,3,9H2;;;. The molecule has 3 nitrogen and oxygen atoms in total. The molecule has 0 aromatic carbocycles. The fourth-order valence-corrected chi connectivity index (χ4v) is 2.37. The highest BCUT2D eigenvalue weighted by atomic mass is 31.0. The molecular weight excluding hydrogens is 164 g/mol. The summed E-state index contributed by atoms with van der Waals surface area (Å²) in [7, 11) is 2.43. The molecule has 0 bridgehead atoms. The monoisotopic (exact) mass is 175 g/mol. The van der Waals surface area contributed by atoms with Crippen molar-refractivity contribution in [3.63, 3.8) is 0 Å². The van der Waals surface area contributed by atoms with Crippen molar-refractivity contribution in [1.82, 2.24) is 5.09 Å². The summed E-state index contributed by atoms with van der Waals surface area (Å²) in [6.45, 7) is 0.316. The molecule has 0 amide bonds. The summed E-state index contributed by atoms with van der Waals surface area (Å²) in [6.07, 6.45) is 0.623. The van der Waals surface area contributed by atoms with Gasteiger partial charge in [-0.25, -0.2) is 0 Å². The lowest BCUT2D eigenvalue weighted by molar-refractivity contribution is -0.129. The third-order valence-corrected chi connectivity index (χ3v) is 3.30. The number of hydrogen-bond acceptors (Lipinski definition) is 3. The number of rotatable bonds is 1. The van der Waals surface area contributed by atoms with E-state index in [1.807, 2.05) is 0 Å². The van der Waals surface area contributed by atoms with E-state index in [1.165, 1.54) is 0 Å². The second-order valence-electron chi connectivity index (χ2n) is 2.53. The van der Waals surface area contributed by atoms with Crippen LogP contribution in [0.25, 0.3) is 0 Å². The molecule has 5 heteroatoms. The van der Waals surface area contributed by atoms with Crippen LogP contribution in [0, 0.1) is 0 Å². The first-order valence-corrected chi connectivity index (χ1v) is 5.06. The van der Waals surface area contributed by atoms with Gasteiger partial charge in [-0.05, 0) is 0 Å². The number of hydrogen-bond donors (Lipinski definition) is 1. The molecule has 3 unspecified atom stereocenters. The summed E-state index contributed by atoms with van der Waals surface area (Å²) in [6, 6.07) is 0.234. The zero-order valence-corrected chi connectivity index (χ0v) is 9.12. The molecule has 1 fully saturated rings. The molecule has 10 heavy (non-hydrogen) atoms. The van der Waals surface area contributed by atoms with E-state index in [0.717, 1.165) is 16.3 Å². The Bertz CT molecular complexity index is 144. The van der Waals surface area contributed by atoms with Crippen molar-refractivity contribution in [1.29, 1.82) is 0 Å². The van der Waals surface area contributed by atoms with Crippen LogP contribution < -0.4 is 5.09 Å². The molecule has 0 saturated carbocycles. The number of ketones is 1. The van der Waals surface area contributed by atoms with Crippen LogP contribution in [0.4, 0.5) is 0 Å². The van der Waals surface area contributed by atoms with Crippen LogP contribution >= 0.6 is 9.39 Å². The Morgan fingerprint density at radius 3 is 3.00 bits per heavy atom. The Labute approximate surface area is 70.6 Å². The number of ether oxygens (including phenoxy) is 1. The van der Waals surface area contributed by atoms with Crippen molar-refractivity contribution in [2.45, 2.75) is 17.4 Å². The molecular formula is C5H11AlNO2P. The average Bonchev–Trinajstić information content (AvgIpc) is 1.94. The lowest BCUT2D eigenvalue weighted by Crippen LogP contribution is -2.44. The molecule has 0 aromatic rings. The minimum Gasteiger partial charge on any atom is -0.385 e. The predicted molar refractivity (Wildman–Crippen MR) is 44.5 cm³/mol. The van der Waals surface area contributed by atoms with E-state index in [1.54, 1.807) is 0 Å². The van der Waals surface area contributed by atoms with Gasteiger partial charge >= 0.3 is 0 Å². The normalized spacial score (nSPS) is 34.3. The third-order valence-electron chi connectivity index (χ3n) is 1.74. The fraction of sp³-hybridized carbons (Fsp3) is 0.800. The van der Waals surface area contributed by atoms with Crippen molar-refractivity contribution >= 4 is 31.5 Å². The van der Waals surface area contributed by atoms with Crippen molar-refractivity contribution in [3.05, 3.63) is 0 Å². The van der Waals surface area contributed by atoms with E-state index in [0.29, 0.717) is 13.0 Å². The largest absolute Gasteiger partial charge is 0.385 e. The van der Waals surface area contributed by atoms with Crippen LogP contribution in [0.3, 0.4) is 0 Å². The van der Waals surface area contributed by atoms with Crippen molar-refractivity contribution in [2.24, 2.45) is 0 Å². The Hall–Kier alpha value is 0.552. The fourth-order valence-electron chi connectivity index (χ4n) is 1.01. The Kier molecular flexibility index (Phi) is 3.29. The zero-order valence-electron chi connectivity index (χ0n) is 5.96. The van der Waals surface area contributed by atoms with E-state index < -0.39 is 0 Å². The van der Waals surface area contributed by atoms with Gasteiger partial charge in [0.05, 0.1) is 0 Å². The maximum Gasteiger partial charge on any atom is 0.261 e. The maximum absolute atomic E-state index is 10.8. The van der Waals surface area contributed by atoms with E-state index in [2.05, 4.69) is 14.5 Å². The minimum atomic E-state index is 0.201. The highest BCUT2D eigenvalue weighted by Gasteiger charge is 2.24. The second-order valence-corrected chi connectivity index (χ2v) is 4.00. The molecule has 1 aliphatic rings. The number of carbonyl (C=O) groups is 1. The zero-order chi connectivity index (χ0) is 7.56. The summed E-state index contributed by atoms with van der Waals surface area (Å²) < 4.78 is 5.23. The van der Waals surface area contributed by atoms with E-state index in [9.17, 15) is 4.79 Å². The van der Waals surface area contributed by atoms with Gasteiger partial charge in [-0.3, -0.25) is 9.88 Å². The van der Waals surface area contributed by atoms with E-state index in [-0.39, 0.29) is 16.8 Å². The van der Waals surface area contributed by atoms with Crippen LogP contribution in [-0.4, -0.2) is 39.7 Å². The van der Waals surface area contributed by atoms with Gasteiger partial charge in [0.25, 0.3) is 16.3 Å². The highest BCUT2D eigenvalue weighted by molar-refractivity contribution is 7.13. The molecule has 1 heterocycles. The number of carbonyl (C=O) groups excluding carboxylic acids is 1. The highest BCUT2D eigenvalue weighted by Crippen LogP contribution is 2.09. The van der Waals surface area contributed by atoms with Gasteiger partial charge in [0.2, 0.25) is 0 Å². The van der Waals surface area contributed by atoms with E-state index >= 15 is 0 Å². The number of nitrogens with one attached hydrogen (secondary N) is 1. The smallest absolute Gasteiger partial charge is 0.261 e. The SMILES string of the molecule is O=C1CO[CH]([AlH2])C(NP)C1. The van der Waals surface area contributed by atoms with E-state index in [4.69, 9.17) is 4.74 Å². The van der Waals surface area contributed by atoms with Crippen molar-refractivity contribution < 1.29 is 9.53 Å². The minimum absolute atomic E-state index is 0.201. The van der Waals surface area contributed by atoms with Gasteiger partial charge in [-0.2, -0.15) is 0 Å². The lowest BCUT2D eigenvalue weighted by Gasteiger charge is -2.27. The molecule has 1 rings (SSSR count). The van der Waals surface area contributed by atoms with Crippen LogP contribution in [0.15, 0.2) is 0 Å². The first-order chi connectivity index (χ1) is 4.74. The molecule has 3 atom stereocenters. The van der Waals surface area contributed by atoms with Gasteiger partial charge in [0, 0.05) is 17.4 Å². The summed E-state index contributed by atoms with van der Waals surface area (Å²) in [5.41, 5.74) is 0. The average molecular weight is 175 g/mol. The van der Waals surface area contributed by atoms with Crippen molar-refractivity contribution in [2.75, 3.05) is 6.61 Å². The molecule has 1 N–H and O–H groups in total. The molecule has 1 aliphatic heterocycles. The predicted octanol–water partition coefficient (Wildman–Crippen LogP) is -1.32.